The molecular weight excluding hydrogens is 140 g/mol. The van der Waals surface area contributed by atoms with E-state index >= 15 is 0 Å². The van der Waals surface area contributed by atoms with Gasteiger partial charge in [0.25, 0.3) is 0 Å². The molecule has 1 aliphatic rings. The average molecular weight is 158 g/mol. The molecule has 0 aromatic heterocycles. The molecule has 1 unspecified atom stereocenters. The SMILES string of the molecule is CC(C)(C)C1(C(O)CO)CC1. The van der Waals surface area contributed by atoms with Gasteiger partial charge in [0.05, 0.1) is 12.7 Å². The van der Waals surface area contributed by atoms with Crippen LogP contribution in [0.2, 0.25) is 0 Å². The molecule has 0 radical (unpaired) electrons. The van der Waals surface area contributed by atoms with E-state index in [1.165, 1.54) is 0 Å². The van der Waals surface area contributed by atoms with Gasteiger partial charge in [-0.05, 0) is 18.3 Å². The third kappa shape index (κ3) is 1.30. The van der Waals surface area contributed by atoms with Crippen molar-refractivity contribution in [3.63, 3.8) is 0 Å². The lowest BCUT2D eigenvalue weighted by molar-refractivity contribution is -0.0147. The summed E-state index contributed by atoms with van der Waals surface area (Å²) in [5.74, 6) is 0. The summed E-state index contributed by atoms with van der Waals surface area (Å²) in [5.41, 5.74) is 0.122. The third-order valence-electron chi connectivity index (χ3n) is 3.09. The minimum atomic E-state index is -0.525. The van der Waals surface area contributed by atoms with Gasteiger partial charge >= 0.3 is 0 Å². The van der Waals surface area contributed by atoms with Crippen LogP contribution in [0, 0.1) is 10.8 Å². The van der Waals surface area contributed by atoms with Gasteiger partial charge in [0, 0.05) is 5.41 Å². The van der Waals surface area contributed by atoms with E-state index in [9.17, 15) is 5.11 Å². The smallest absolute Gasteiger partial charge is 0.0831 e. The fourth-order valence-corrected chi connectivity index (χ4v) is 1.89. The largest absolute Gasteiger partial charge is 0.394 e. The predicted octanol–water partition coefficient (Wildman–Crippen LogP) is 1.17. The lowest BCUT2D eigenvalue weighted by Gasteiger charge is -2.34. The van der Waals surface area contributed by atoms with Crippen LogP contribution in [0.3, 0.4) is 0 Å². The maximum absolute atomic E-state index is 9.53. The number of aliphatic hydroxyl groups excluding tert-OH is 2. The van der Waals surface area contributed by atoms with Gasteiger partial charge in [0.2, 0.25) is 0 Å². The molecule has 1 atom stereocenters. The number of aliphatic hydroxyl groups is 2. The molecule has 2 nitrogen and oxygen atoms in total. The van der Waals surface area contributed by atoms with Crippen molar-refractivity contribution in [1.82, 2.24) is 0 Å². The lowest BCUT2D eigenvalue weighted by Crippen LogP contribution is -2.36. The molecule has 1 aliphatic carbocycles. The summed E-state index contributed by atoms with van der Waals surface area (Å²) in [6, 6.07) is 0. The molecule has 0 bridgehead atoms. The quantitative estimate of drug-likeness (QED) is 0.633. The van der Waals surface area contributed by atoms with Crippen molar-refractivity contribution in [2.24, 2.45) is 10.8 Å². The third-order valence-corrected chi connectivity index (χ3v) is 3.09. The van der Waals surface area contributed by atoms with Crippen molar-refractivity contribution in [1.29, 1.82) is 0 Å². The zero-order valence-electron chi connectivity index (χ0n) is 7.59. The van der Waals surface area contributed by atoms with Crippen LogP contribution >= 0.6 is 0 Å². The van der Waals surface area contributed by atoms with Crippen molar-refractivity contribution in [3.05, 3.63) is 0 Å². The van der Waals surface area contributed by atoms with Gasteiger partial charge in [0.1, 0.15) is 0 Å². The zero-order valence-corrected chi connectivity index (χ0v) is 7.59. The molecule has 2 heteroatoms. The highest BCUT2D eigenvalue weighted by molar-refractivity contribution is 5.05. The Balaban J connectivity index is 2.68. The van der Waals surface area contributed by atoms with Crippen molar-refractivity contribution in [2.75, 3.05) is 6.61 Å². The molecular formula is C9H18O2. The first kappa shape index (κ1) is 9.01. The first-order chi connectivity index (χ1) is 4.94. The van der Waals surface area contributed by atoms with Gasteiger partial charge < -0.3 is 10.2 Å². The Labute approximate surface area is 68.2 Å². The monoisotopic (exact) mass is 158 g/mol. The minimum absolute atomic E-state index is 0.00174. The Morgan fingerprint density at radius 2 is 1.82 bits per heavy atom. The Morgan fingerprint density at radius 1 is 1.36 bits per heavy atom. The molecule has 1 rings (SSSR count). The molecule has 0 saturated heterocycles. The topological polar surface area (TPSA) is 40.5 Å². The van der Waals surface area contributed by atoms with Crippen LogP contribution in [0.5, 0.6) is 0 Å². The highest BCUT2D eigenvalue weighted by Gasteiger charge is 2.56. The fourth-order valence-electron chi connectivity index (χ4n) is 1.89. The van der Waals surface area contributed by atoms with Gasteiger partial charge in [-0.25, -0.2) is 0 Å². The van der Waals surface area contributed by atoms with Gasteiger partial charge in [-0.1, -0.05) is 20.8 Å². The second kappa shape index (κ2) is 2.46. The summed E-state index contributed by atoms with van der Waals surface area (Å²) in [6.07, 6.45) is 1.58. The Morgan fingerprint density at radius 3 is 1.91 bits per heavy atom. The molecule has 0 amide bonds. The first-order valence-corrected chi connectivity index (χ1v) is 4.23. The minimum Gasteiger partial charge on any atom is -0.394 e. The summed E-state index contributed by atoms with van der Waals surface area (Å²) < 4.78 is 0. The van der Waals surface area contributed by atoms with Crippen LogP contribution in [0.4, 0.5) is 0 Å². The summed E-state index contributed by atoms with van der Waals surface area (Å²) in [7, 11) is 0. The molecule has 1 fully saturated rings. The van der Waals surface area contributed by atoms with Crippen LogP contribution in [0.25, 0.3) is 0 Å². The summed E-state index contributed by atoms with van der Waals surface area (Å²) in [6.45, 7) is 6.27. The Kier molecular flexibility index (Phi) is 2.01. The first-order valence-electron chi connectivity index (χ1n) is 4.23. The number of hydrogen-bond acceptors (Lipinski definition) is 2. The average Bonchev–Trinajstić information content (AvgIpc) is 2.63. The van der Waals surface area contributed by atoms with Gasteiger partial charge in [0.15, 0.2) is 0 Å². The zero-order chi connectivity index (χ0) is 8.70. The fraction of sp³-hybridized carbons (Fsp3) is 1.00. The van der Waals surface area contributed by atoms with E-state index < -0.39 is 6.10 Å². The Bertz CT molecular complexity index is 142. The molecule has 0 aromatic rings. The molecule has 0 aromatic carbocycles. The van der Waals surface area contributed by atoms with E-state index in [0.29, 0.717) is 0 Å². The Hall–Kier alpha value is -0.0800. The second-order valence-corrected chi connectivity index (χ2v) is 4.60. The van der Waals surface area contributed by atoms with Crippen molar-refractivity contribution in [3.8, 4) is 0 Å². The van der Waals surface area contributed by atoms with E-state index in [1.54, 1.807) is 0 Å². The highest BCUT2D eigenvalue weighted by atomic mass is 16.3. The van der Waals surface area contributed by atoms with E-state index in [1.807, 2.05) is 0 Å². The van der Waals surface area contributed by atoms with E-state index in [2.05, 4.69) is 20.8 Å². The van der Waals surface area contributed by atoms with Crippen LogP contribution in [0.1, 0.15) is 33.6 Å². The van der Waals surface area contributed by atoms with Crippen LogP contribution in [-0.4, -0.2) is 22.9 Å². The van der Waals surface area contributed by atoms with Crippen LogP contribution < -0.4 is 0 Å². The lowest BCUT2D eigenvalue weighted by atomic mass is 9.74. The van der Waals surface area contributed by atoms with E-state index in [4.69, 9.17) is 5.11 Å². The second-order valence-electron chi connectivity index (χ2n) is 4.60. The highest BCUT2D eigenvalue weighted by Crippen LogP contribution is 2.60. The van der Waals surface area contributed by atoms with Gasteiger partial charge in [-0.15, -0.1) is 0 Å². The predicted molar refractivity (Wildman–Crippen MR) is 44.2 cm³/mol. The molecule has 11 heavy (non-hydrogen) atoms. The van der Waals surface area contributed by atoms with Crippen molar-refractivity contribution >= 4 is 0 Å². The summed E-state index contributed by atoms with van der Waals surface area (Å²) >= 11 is 0. The summed E-state index contributed by atoms with van der Waals surface area (Å²) in [5, 5.41) is 18.4. The van der Waals surface area contributed by atoms with Crippen LogP contribution in [0.15, 0.2) is 0 Å². The molecule has 0 aliphatic heterocycles. The normalized spacial score (nSPS) is 24.8. The van der Waals surface area contributed by atoms with Gasteiger partial charge in [-0.2, -0.15) is 0 Å². The molecule has 2 N–H and O–H groups in total. The van der Waals surface area contributed by atoms with E-state index in [-0.39, 0.29) is 17.4 Å². The maximum Gasteiger partial charge on any atom is 0.0831 e. The standard InChI is InChI=1S/C9H18O2/c1-8(2,3)9(4-5-9)7(11)6-10/h7,10-11H,4-6H2,1-3H3. The summed E-state index contributed by atoms with van der Waals surface area (Å²) in [4.78, 5) is 0. The maximum atomic E-state index is 9.53. The number of rotatable bonds is 2. The molecule has 66 valence electrons. The molecule has 1 saturated carbocycles. The van der Waals surface area contributed by atoms with Gasteiger partial charge in [-0.3, -0.25) is 0 Å². The van der Waals surface area contributed by atoms with E-state index in [0.717, 1.165) is 12.8 Å². The van der Waals surface area contributed by atoms with Crippen molar-refractivity contribution < 1.29 is 10.2 Å². The van der Waals surface area contributed by atoms with Crippen LogP contribution in [-0.2, 0) is 0 Å². The molecule has 0 heterocycles. The molecule has 0 spiro atoms. The van der Waals surface area contributed by atoms with Crippen molar-refractivity contribution in [2.45, 2.75) is 39.7 Å². The number of hydrogen-bond donors (Lipinski definition) is 2.